The molecule has 0 spiro atoms. The van der Waals surface area contributed by atoms with E-state index in [4.69, 9.17) is 14.2 Å². The summed E-state index contributed by atoms with van der Waals surface area (Å²) in [6.45, 7) is 6.57. The second-order valence-corrected chi connectivity index (χ2v) is 18.2. The summed E-state index contributed by atoms with van der Waals surface area (Å²) in [6, 6.07) is 0. The topological polar surface area (TPSA) is 78.9 Å². The van der Waals surface area contributed by atoms with Crippen LogP contribution >= 0.6 is 0 Å². The van der Waals surface area contributed by atoms with E-state index in [0.717, 1.165) is 64.2 Å². The summed E-state index contributed by atoms with van der Waals surface area (Å²) >= 11 is 0. The highest BCUT2D eigenvalue weighted by atomic mass is 16.6. The summed E-state index contributed by atoms with van der Waals surface area (Å²) < 4.78 is 16.7. The van der Waals surface area contributed by atoms with Crippen molar-refractivity contribution in [3.05, 3.63) is 12.2 Å². The number of hydrogen-bond acceptors (Lipinski definition) is 6. The van der Waals surface area contributed by atoms with Crippen LogP contribution in [-0.4, -0.2) is 37.2 Å². The summed E-state index contributed by atoms with van der Waals surface area (Å²) in [5, 5.41) is 0. The first-order valence-corrected chi connectivity index (χ1v) is 26.7. The number of unbranched alkanes of at least 4 members (excludes halogenated alkanes) is 36. The third-order valence-corrected chi connectivity index (χ3v) is 12.0. The molecular weight excluding hydrogens is 745 g/mol. The maximum Gasteiger partial charge on any atom is 0.306 e. The van der Waals surface area contributed by atoms with E-state index in [0.29, 0.717) is 19.3 Å². The van der Waals surface area contributed by atoms with Crippen molar-refractivity contribution < 1.29 is 28.6 Å². The van der Waals surface area contributed by atoms with E-state index < -0.39 is 6.10 Å². The Hall–Kier alpha value is -1.85. The molecule has 0 aliphatic heterocycles. The maximum absolute atomic E-state index is 12.7. The van der Waals surface area contributed by atoms with Crippen LogP contribution in [0.3, 0.4) is 0 Å². The highest BCUT2D eigenvalue weighted by Gasteiger charge is 2.19. The second kappa shape index (κ2) is 49.8. The van der Waals surface area contributed by atoms with Crippen molar-refractivity contribution in [2.45, 2.75) is 303 Å². The molecule has 0 aromatic carbocycles. The first-order valence-electron chi connectivity index (χ1n) is 26.7. The minimum Gasteiger partial charge on any atom is -0.462 e. The molecule has 0 saturated carbocycles. The zero-order valence-electron chi connectivity index (χ0n) is 40.5. The SMILES string of the molecule is CCCC/C=C\CCCCCCCC(=O)OC(COC(=O)CCCCCCCC)COC(=O)CCCCCCCCCCCCCCCCCCCCCCCCCCC. The zero-order chi connectivity index (χ0) is 43.7. The maximum atomic E-state index is 12.7. The number of allylic oxidation sites excluding steroid dienone is 2. The van der Waals surface area contributed by atoms with Crippen molar-refractivity contribution in [3.63, 3.8) is 0 Å². The van der Waals surface area contributed by atoms with Gasteiger partial charge in [-0.05, 0) is 38.5 Å². The molecule has 0 heterocycles. The van der Waals surface area contributed by atoms with Gasteiger partial charge in [-0.3, -0.25) is 14.4 Å². The largest absolute Gasteiger partial charge is 0.462 e. The van der Waals surface area contributed by atoms with Crippen molar-refractivity contribution >= 4 is 17.9 Å². The Morgan fingerprint density at radius 2 is 0.567 bits per heavy atom. The van der Waals surface area contributed by atoms with Crippen molar-refractivity contribution in [3.8, 4) is 0 Å². The molecule has 1 atom stereocenters. The lowest BCUT2D eigenvalue weighted by atomic mass is 10.0. The van der Waals surface area contributed by atoms with Crippen LogP contribution in [0.4, 0.5) is 0 Å². The van der Waals surface area contributed by atoms with Gasteiger partial charge in [0, 0.05) is 19.3 Å². The van der Waals surface area contributed by atoms with E-state index in [2.05, 4.69) is 32.9 Å². The van der Waals surface area contributed by atoms with Gasteiger partial charge < -0.3 is 14.2 Å². The standard InChI is InChI=1S/C54H102O6/c1-4-7-10-13-16-18-20-21-22-23-24-25-26-27-28-29-30-31-32-33-35-36-38-41-44-47-53(56)59-50-51(49-58-52(55)46-43-40-15-12-9-6-3)60-54(57)48-45-42-39-37-34-19-17-14-11-8-5-2/h14,17,51H,4-13,15-16,18-50H2,1-3H3/b17-14-. The van der Waals surface area contributed by atoms with Gasteiger partial charge in [-0.25, -0.2) is 0 Å². The fraction of sp³-hybridized carbons (Fsp3) is 0.907. The molecule has 0 fully saturated rings. The number of carbonyl (C=O) groups excluding carboxylic acids is 3. The molecule has 6 nitrogen and oxygen atoms in total. The van der Waals surface area contributed by atoms with E-state index in [1.807, 2.05) is 0 Å². The molecule has 0 radical (unpaired) electrons. The number of esters is 3. The molecule has 0 N–H and O–H groups in total. The molecular formula is C54H102O6. The lowest BCUT2D eigenvalue weighted by Gasteiger charge is -2.18. The first kappa shape index (κ1) is 58.1. The molecule has 60 heavy (non-hydrogen) atoms. The summed E-state index contributed by atoms with van der Waals surface area (Å²) in [5.74, 6) is -0.876. The highest BCUT2D eigenvalue weighted by molar-refractivity contribution is 5.71. The van der Waals surface area contributed by atoms with E-state index >= 15 is 0 Å². The summed E-state index contributed by atoms with van der Waals surface area (Å²) in [7, 11) is 0. The zero-order valence-corrected chi connectivity index (χ0v) is 40.5. The molecule has 1 unspecified atom stereocenters. The summed E-state index contributed by atoms with van der Waals surface area (Å²) in [6.07, 6.45) is 55.3. The van der Waals surface area contributed by atoms with Gasteiger partial charge >= 0.3 is 17.9 Å². The average Bonchev–Trinajstić information content (AvgIpc) is 3.24. The quantitative estimate of drug-likeness (QED) is 0.0263. The lowest BCUT2D eigenvalue weighted by molar-refractivity contribution is -0.167. The molecule has 0 amide bonds. The Morgan fingerprint density at radius 1 is 0.317 bits per heavy atom. The Balaban J connectivity index is 3.99. The minimum absolute atomic E-state index is 0.0694. The molecule has 0 bridgehead atoms. The number of hydrogen-bond donors (Lipinski definition) is 0. The molecule has 0 aromatic heterocycles. The van der Waals surface area contributed by atoms with Gasteiger partial charge in [0.2, 0.25) is 0 Å². The molecule has 0 aliphatic carbocycles. The normalized spacial score (nSPS) is 12.0. The predicted molar refractivity (Wildman–Crippen MR) is 256 cm³/mol. The van der Waals surface area contributed by atoms with Gasteiger partial charge in [-0.15, -0.1) is 0 Å². The van der Waals surface area contributed by atoms with Crippen molar-refractivity contribution in [2.75, 3.05) is 13.2 Å². The van der Waals surface area contributed by atoms with Gasteiger partial charge in [0.05, 0.1) is 0 Å². The second-order valence-electron chi connectivity index (χ2n) is 18.2. The third kappa shape index (κ3) is 47.2. The monoisotopic (exact) mass is 847 g/mol. The van der Waals surface area contributed by atoms with Gasteiger partial charge in [0.15, 0.2) is 6.10 Å². The fourth-order valence-corrected chi connectivity index (χ4v) is 7.95. The molecule has 354 valence electrons. The average molecular weight is 847 g/mol. The fourth-order valence-electron chi connectivity index (χ4n) is 7.95. The minimum atomic E-state index is -0.765. The molecule has 0 aromatic rings. The first-order chi connectivity index (χ1) is 29.5. The van der Waals surface area contributed by atoms with Crippen molar-refractivity contribution in [1.82, 2.24) is 0 Å². The Morgan fingerprint density at radius 3 is 0.883 bits per heavy atom. The number of carbonyl (C=O) groups is 3. The Labute approximate surface area is 373 Å². The third-order valence-electron chi connectivity index (χ3n) is 12.0. The lowest BCUT2D eigenvalue weighted by Crippen LogP contribution is -2.30. The predicted octanol–water partition coefficient (Wildman–Crippen LogP) is 17.4. The van der Waals surface area contributed by atoms with Gasteiger partial charge in [-0.1, -0.05) is 251 Å². The number of rotatable bonds is 49. The Kier molecular flexibility index (Phi) is 48.3. The van der Waals surface area contributed by atoms with Gasteiger partial charge in [0.1, 0.15) is 13.2 Å². The molecule has 0 rings (SSSR count). The van der Waals surface area contributed by atoms with E-state index in [-0.39, 0.29) is 31.1 Å². The van der Waals surface area contributed by atoms with E-state index in [1.54, 1.807) is 0 Å². The Bertz CT molecular complexity index is 931. The van der Waals surface area contributed by atoms with Gasteiger partial charge in [0.25, 0.3) is 0 Å². The van der Waals surface area contributed by atoms with Crippen LogP contribution in [0.15, 0.2) is 12.2 Å². The van der Waals surface area contributed by atoms with Crippen LogP contribution in [0.25, 0.3) is 0 Å². The molecule has 0 saturated heterocycles. The molecule has 0 aliphatic rings. The van der Waals surface area contributed by atoms with Crippen LogP contribution in [0.5, 0.6) is 0 Å². The van der Waals surface area contributed by atoms with Crippen LogP contribution in [0, 0.1) is 0 Å². The van der Waals surface area contributed by atoms with Crippen molar-refractivity contribution in [2.24, 2.45) is 0 Å². The highest BCUT2D eigenvalue weighted by Crippen LogP contribution is 2.17. The smallest absolute Gasteiger partial charge is 0.306 e. The van der Waals surface area contributed by atoms with E-state index in [1.165, 1.54) is 193 Å². The van der Waals surface area contributed by atoms with Crippen LogP contribution in [0.2, 0.25) is 0 Å². The van der Waals surface area contributed by atoms with E-state index in [9.17, 15) is 14.4 Å². The van der Waals surface area contributed by atoms with Crippen LogP contribution < -0.4 is 0 Å². The number of ether oxygens (including phenoxy) is 3. The van der Waals surface area contributed by atoms with Crippen molar-refractivity contribution in [1.29, 1.82) is 0 Å². The van der Waals surface area contributed by atoms with Gasteiger partial charge in [-0.2, -0.15) is 0 Å². The van der Waals surface area contributed by atoms with Crippen LogP contribution in [0.1, 0.15) is 297 Å². The summed E-state index contributed by atoms with van der Waals surface area (Å²) in [4.78, 5) is 37.6. The molecule has 6 heteroatoms. The van der Waals surface area contributed by atoms with Crippen LogP contribution in [-0.2, 0) is 28.6 Å². The summed E-state index contributed by atoms with van der Waals surface area (Å²) in [5.41, 5.74) is 0.